The van der Waals surface area contributed by atoms with Crippen molar-refractivity contribution in [3.05, 3.63) is 62.5 Å². The van der Waals surface area contributed by atoms with Crippen molar-refractivity contribution >= 4 is 33.4 Å². The SMILES string of the molecule is COC(=O)c1ccc(CN(C)C(=O)CCn2cnc3sc4c(c3c2=O)CCCC4)cc1. The van der Waals surface area contributed by atoms with E-state index < -0.39 is 0 Å². The zero-order chi connectivity index (χ0) is 22.0. The summed E-state index contributed by atoms with van der Waals surface area (Å²) in [7, 11) is 3.07. The molecule has 2 aromatic heterocycles. The Morgan fingerprint density at radius 3 is 2.68 bits per heavy atom. The Balaban J connectivity index is 1.41. The number of amides is 1. The largest absolute Gasteiger partial charge is 0.465 e. The van der Waals surface area contributed by atoms with Gasteiger partial charge in [0.25, 0.3) is 5.56 Å². The summed E-state index contributed by atoms with van der Waals surface area (Å²) in [5.74, 6) is -0.449. The minimum absolute atomic E-state index is 0.0433. The monoisotopic (exact) mass is 439 g/mol. The molecule has 0 saturated carbocycles. The molecule has 0 fully saturated rings. The van der Waals surface area contributed by atoms with Gasteiger partial charge in [0.05, 0.1) is 24.4 Å². The third-order valence-corrected chi connectivity index (χ3v) is 6.93. The molecule has 1 aromatic carbocycles. The van der Waals surface area contributed by atoms with Gasteiger partial charge in [0, 0.05) is 31.4 Å². The first-order valence-corrected chi connectivity index (χ1v) is 11.2. The normalized spacial score (nSPS) is 13.1. The van der Waals surface area contributed by atoms with Crippen LogP contribution in [0.15, 0.2) is 35.4 Å². The predicted octanol–water partition coefficient (Wildman–Crippen LogP) is 3.17. The Bertz CT molecular complexity index is 1180. The van der Waals surface area contributed by atoms with Gasteiger partial charge in [-0.05, 0) is 48.9 Å². The van der Waals surface area contributed by atoms with Gasteiger partial charge >= 0.3 is 5.97 Å². The molecule has 0 bridgehead atoms. The molecule has 4 rings (SSSR count). The van der Waals surface area contributed by atoms with E-state index in [1.54, 1.807) is 58.4 Å². The first-order valence-electron chi connectivity index (χ1n) is 10.4. The molecule has 1 aliphatic rings. The predicted molar refractivity (Wildman–Crippen MR) is 119 cm³/mol. The van der Waals surface area contributed by atoms with Gasteiger partial charge in [-0.3, -0.25) is 14.2 Å². The van der Waals surface area contributed by atoms with Crippen LogP contribution in [0.2, 0.25) is 0 Å². The lowest BCUT2D eigenvalue weighted by molar-refractivity contribution is -0.130. The molecule has 8 heteroatoms. The van der Waals surface area contributed by atoms with E-state index in [0.717, 1.165) is 40.6 Å². The number of rotatable bonds is 6. The van der Waals surface area contributed by atoms with Gasteiger partial charge < -0.3 is 9.64 Å². The molecular weight excluding hydrogens is 414 g/mol. The van der Waals surface area contributed by atoms with Gasteiger partial charge in [-0.15, -0.1) is 11.3 Å². The fraction of sp³-hybridized carbons (Fsp3) is 0.391. The van der Waals surface area contributed by atoms with Crippen LogP contribution >= 0.6 is 11.3 Å². The van der Waals surface area contributed by atoms with Gasteiger partial charge in [-0.2, -0.15) is 0 Å². The van der Waals surface area contributed by atoms with E-state index in [9.17, 15) is 14.4 Å². The molecular formula is C23H25N3O4S. The maximum atomic E-state index is 13.0. The maximum Gasteiger partial charge on any atom is 0.337 e. The molecule has 31 heavy (non-hydrogen) atoms. The number of hydrogen-bond donors (Lipinski definition) is 0. The number of carbonyl (C=O) groups is 2. The second-order valence-electron chi connectivity index (χ2n) is 7.82. The number of esters is 1. The number of aromatic nitrogens is 2. The number of thiophene rings is 1. The Morgan fingerprint density at radius 2 is 1.94 bits per heavy atom. The van der Waals surface area contributed by atoms with E-state index in [1.165, 1.54) is 18.4 Å². The molecule has 0 aliphatic heterocycles. The second kappa shape index (κ2) is 9.01. The Hall–Kier alpha value is -3.00. The second-order valence-corrected chi connectivity index (χ2v) is 8.91. The van der Waals surface area contributed by atoms with E-state index in [1.807, 2.05) is 0 Å². The van der Waals surface area contributed by atoms with E-state index >= 15 is 0 Å². The highest BCUT2D eigenvalue weighted by atomic mass is 32.1. The number of aryl methyl sites for hydroxylation is 3. The molecule has 0 N–H and O–H groups in total. The lowest BCUT2D eigenvalue weighted by Crippen LogP contribution is -2.29. The summed E-state index contributed by atoms with van der Waals surface area (Å²) in [5, 5.41) is 0.744. The summed E-state index contributed by atoms with van der Waals surface area (Å²) in [4.78, 5) is 45.4. The van der Waals surface area contributed by atoms with E-state index in [2.05, 4.69) is 4.98 Å². The van der Waals surface area contributed by atoms with Crippen LogP contribution in [0.5, 0.6) is 0 Å². The van der Waals surface area contributed by atoms with Crippen LogP contribution in [0.1, 0.15) is 45.6 Å². The summed E-state index contributed by atoms with van der Waals surface area (Å²) < 4.78 is 6.25. The topological polar surface area (TPSA) is 81.5 Å². The first kappa shape index (κ1) is 21.2. The van der Waals surface area contributed by atoms with Crippen LogP contribution in [0.25, 0.3) is 10.2 Å². The highest BCUT2D eigenvalue weighted by Crippen LogP contribution is 2.33. The fourth-order valence-electron chi connectivity index (χ4n) is 3.97. The van der Waals surface area contributed by atoms with Crippen LogP contribution in [0, 0.1) is 0 Å². The number of hydrogen-bond acceptors (Lipinski definition) is 6. The van der Waals surface area contributed by atoms with Crippen molar-refractivity contribution in [1.82, 2.24) is 14.5 Å². The van der Waals surface area contributed by atoms with Crippen molar-refractivity contribution < 1.29 is 14.3 Å². The van der Waals surface area contributed by atoms with Gasteiger partial charge in [-0.1, -0.05) is 12.1 Å². The van der Waals surface area contributed by atoms with Crippen LogP contribution in [-0.4, -0.2) is 40.5 Å². The van der Waals surface area contributed by atoms with Crippen molar-refractivity contribution in [2.24, 2.45) is 0 Å². The lowest BCUT2D eigenvalue weighted by atomic mass is 9.97. The van der Waals surface area contributed by atoms with E-state index in [0.29, 0.717) is 18.7 Å². The number of methoxy groups -OCH3 is 1. The first-order chi connectivity index (χ1) is 15.0. The molecule has 0 spiro atoms. The van der Waals surface area contributed by atoms with Crippen LogP contribution in [0.4, 0.5) is 0 Å². The van der Waals surface area contributed by atoms with E-state index in [4.69, 9.17) is 4.74 Å². The summed E-state index contributed by atoms with van der Waals surface area (Å²) >= 11 is 1.63. The summed E-state index contributed by atoms with van der Waals surface area (Å²) in [6, 6.07) is 6.97. The zero-order valence-electron chi connectivity index (χ0n) is 17.7. The van der Waals surface area contributed by atoms with Crippen LogP contribution in [-0.2, 0) is 35.5 Å². The molecule has 2 heterocycles. The van der Waals surface area contributed by atoms with Gasteiger partial charge in [0.2, 0.25) is 5.91 Å². The molecule has 1 amide bonds. The highest BCUT2D eigenvalue weighted by molar-refractivity contribution is 7.18. The fourth-order valence-corrected chi connectivity index (χ4v) is 5.19. The average molecular weight is 440 g/mol. The molecule has 0 radical (unpaired) electrons. The maximum absolute atomic E-state index is 13.0. The summed E-state index contributed by atoms with van der Waals surface area (Å²) in [5.41, 5.74) is 2.50. The van der Waals surface area contributed by atoms with Gasteiger partial charge in [0.15, 0.2) is 0 Å². The van der Waals surface area contributed by atoms with Gasteiger partial charge in [0.1, 0.15) is 4.83 Å². The number of nitrogens with zero attached hydrogens (tertiary/aromatic N) is 3. The molecule has 0 unspecified atom stereocenters. The van der Waals surface area contributed by atoms with Crippen molar-refractivity contribution in [3.63, 3.8) is 0 Å². The molecule has 7 nitrogen and oxygen atoms in total. The number of fused-ring (bicyclic) bond motifs is 3. The molecule has 3 aromatic rings. The number of ether oxygens (including phenoxy) is 1. The average Bonchev–Trinajstić information content (AvgIpc) is 3.17. The van der Waals surface area contributed by atoms with Crippen molar-refractivity contribution in [1.29, 1.82) is 0 Å². The minimum atomic E-state index is -0.390. The quantitative estimate of drug-likeness (QED) is 0.551. The zero-order valence-corrected chi connectivity index (χ0v) is 18.5. The molecule has 0 atom stereocenters. The Morgan fingerprint density at radius 1 is 1.19 bits per heavy atom. The molecule has 162 valence electrons. The Kier molecular flexibility index (Phi) is 6.18. The lowest BCUT2D eigenvalue weighted by Gasteiger charge is -2.18. The third kappa shape index (κ3) is 4.39. The van der Waals surface area contributed by atoms with Crippen LogP contribution in [0.3, 0.4) is 0 Å². The number of carbonyl (C=O) groups excluding carboxylic acids is 2. The smallest absolute Gasteiger partial charge is 0.337 e. The third-order valence-electron chi connectivity index (χ3n) is 5.73. The van der Waals surface area contributed by atoms with Crippen LogP contribution < -0.4 is 5.56 Å². The van der Waals surface area contributed by atoms with Crippen molar-refractivity contribution in [2.75, 3.05) is 14.2 Å². The highest BCUT2D eigenvalue weighted by Gasteiger charge is 2.20. The number of benzene rings is 1. The van der Waals surface area contributed by atoms with Crippen molar-refractivity contribution in [3.8, 4) is 0 Å². The van der Waals surface area contributed by atoms with Crippen molar-refractivity contribution in [2.45, 2.75) is 45.2 Å². The van der Waals surface area contributed by atoms with E-state index in [-0.39, 0.29) is 23.9 Å². The summed E-state index contributed by atoms with van der Waals surface area (Å²) in [6.07, 6.45) is 6.02. The molecule has 1 aliphatic carbocycles. The van der Waals surface area contributed by atoms with Gasteiger partial charge in [-0.25, -0.2) is 9.78 Å². The Labute approximate surface area is 184 Å². The molecule has 0 saturated heterocycles. The standard InChI is InChI=1S/C23H25N3O4S/c1-25(13-15-7-9-16(10-8-15)23(29)30-2)19(27)11-12-26-14-24-21-20(22(26)28)17-5-3-4-6-18(17)31-21/h7-10,14H,3-6,11-13H2,1-2H3. The minimum Gasteiger partial charge on any atom is -0.465 e. The summed E-state index contributed by atoms with van der Waals surface area (Å²) in [6.45, 7) is 0.724.